The van der Waals surface area contributed by atoms with Gasteiger partial charge in [0.05, 0.1) is 0 Å². The van der Waals surface area contributed by atoms with Crippen molar-refractivity contribution in [3.8, 4) is 0 Å². The molecule has 0 radical (unpaired) electrons. The third kappa shape index (κ3) is 42.0. The van der Waals surface area contributed by atoms with Gasteiger partial charge in [-0.2, -0.15) is 0 Å². The van der Waals surface area contributed by atoms with Crippen LogP contribution in [0.2, 0.25) is 0 Å². The molecule has 6 nitrogen and oxygen atoms in total. The van der Waals surface area contributed by atoms with Crippen LogP contribution in [-0.2, 0) is 28.6 Å². The van der Waals surface area contributed by atoms with E-state index in [-0.39, 0.29) is 31.1 Å². The molecular formula is C50H96O6. The van der Waals surface area contributed by atoms with Crippen molar-refractivity contribution < 1.29 is 28.6 Å². The lowest BCUT2D eigenvalue weighted by atomic mass is 9.99. The van der Waals surface area contributed by atoms with Gasteiger partial charge in [-0.1, -0.05) is 240 Å². The van der Waals surface area contributed by atoms with Crippen molar-refractivity contribution in [3.63, 3.8) is 0 Å². The first-order valence-electron chi connectivity index (χ1n) is 24.9. The van der Waals surface area contributed by atoms with E-state index < -0.39 is 6.10 Å². The van der Waals surface area contributed by atoms with Gasteiger partial charge < -0.3 is 14.2 Å². The minimum atomic E-state index is -0.759. The summed E-state index contributed by atoms with van der Waals surface area (Å²) in [5.41, 5.74) is 0. The van der Waals surface area contributed by atoms with Crippen molar-refractivity contribution >= 4 is 17.9 Å². The van der Waals surface area contributed by atoms with Gasteiger partial charge >= 0.3 is 17.9 Å². The molecule has 0 N–H and O–H groups in total. The number of carbonyl (C=O) groups is 3. The van der Waals surface area contributed by atoms with Gasteiger partial charge in [-0.05, 0) is 25.2 Å². The van der Waals surface area contributed by atoms with E-state index >= 15 is 0 Å². The fourth-order valence-corrected chi connectivity index (χ4v) is 7.48. The van der Waals surface area contributed by atoms with Crippen molar-refractivity contribution in [1.29, 1.82) is 0 Å². The Kier molecular flexibility index (Phi) is 43.2. The fraction of sp³-hybridized carbons (Fsp3) is 0.940. The van der Waals surface area contributed by atoms with E-state index in [4.69, 9.17) is 14.2 Å². The van der Waals surface area contributed by atoms with Gasteiger partial charge in [0.15, 0.2) is 6.10 Å². The van der Waals surface area contributed by atoms with Gasteiger partial charge in [0.1, 0.15) is 13.2 Å². The van der Waals surface area contributed by atoms with Crippen molar-refractivity contribution in [3.05, 3.63) is 0 Å². The molecule has 0 amide bonds. The molecule has 0 rings (SSSR count). The molecule has 0 spiro atoms. The van der Waals surface area contributed by atoms with Crippen molar-refractivity contribution in [2.75, 3.05) is 13.2 Å². The molecule has 0 saturated carbocycles. The van der Waals surface area contributed by atoms with E-state index in [9.17, 15) is 14.4 Å². The van der Waals surface area contributed by atoms with E-state index in [1.54, 1.807) is 0 Å². The highest BCUT2D eigenvalue weighted by atomic mass is 16.6. The molecular weight excluding hydrogens is 697 g/mol. The minimum absolute atomic E-state index is 0.0631. The SMILES string of the molecule is CCCCCCCCCCCCC(=O)OC[C@@H](COC(=O)CCCCCCCCCCCCCCCCC(C)CC)OC(=O)CCCCCCCCCCCC. The highest BCUT2D eigenvalue weighted by Gasteiger charge is 2.19. The summed E-state index contributed by atoms with van der Waals surface area (Å²) in [6.07, 6.45) is 45.1. The number of hydrogen-bond acceptors (Lipinski definition) is 6. The maximum absolute atomic E-state index is 12.7. The third-order valence-corrected chi connectivity index (χ3v) is 11.7. The lowest BCUT2D eigenvalue weighted by Crippen LogP contribution is -2.30. The molecule has 1 unspecified atom stereocenters. The first-order valence-corrected chi connectivity index (χ1v) is 24.9. The predicted octanol–water partition coefficient (Wildman–Crippen LogP) is 15.9. The zero-order valence-electron chi connectivity index (χ0n) is 38.1. The summed E-state index contributed by atoms with van der Waals surface area (Å²) >= 11 is 0. The van der Waals surface area contributed by atoms with Gasteiger partial charge in [0.25, 0.3) is 0 Å². The van der Waals surface area contributed by atoms with E-state index in [1.165, 1.54) is 173 Å². The number of hydrogen-bond donors (Lipinski definition) is 0. The Hall–Kier alpha value is -1.59. The van der Waals surface area contributed by atoms with Crippen molar-refractivity contribution in [2.24, 2.45) is 5.92 Å². The summed E-state index contributed by atoms with van der Waals surface area (Å²) in [7, 11) is 0. The maximum atomic E-state index is 12.7. The lowest BCUT2D eigenvalue weighted by molar-refractivity contribution is -0.167. The first kappa shape index (κ1) is 54.4. The topological polar surface area (TPSA) is 78.9 Å². The van der Waals surface area contributed by atoms with Gasteiger partial charge in [-0.25, -0.2) is 0 Å². The van der Waals surface area contributed by atoms with Gasteiger partial charge in [0, 0.05) is 19.3 Å². The highest BCUT2D eigenvalue weighted by molar-refractivity contribution is 5.71. The van der Waals surface area contributed by atoms with Crippen LogP contribution in [0.5, 0.6) is 0 Å². The Bertz CT molecular complexity index is 843. The van der Waals surface area contributed by atoms with Crippen LogP contribution in [0.1, 0.15) is 278 Å². The highest BCUT2D eigenvalue weighted by Crippen LogP contribution is 2.17. The molecule has 0 aromatic carbocycles. The van der Waals surface area contributed by atoms with Crippen LogP contribution in [0.15, 0.2) is 0 Å². The quantitative estimate of drug-likeness (QED) is 0.0347. The monoisotopic (exact) mass is 793 g/mol. The minimum Gasteiger partial charge on any atom is -0.462 e. The Morgan fingerprint density at radius 1 is 0.357 bits per heavy atom. The first-order chi connectivity index (χ1) is 27.4. The van der Waals surface area contributed by atoms with Crippen LogP contribution >= 0.6 is 0 Å². The molecule has 2 atom stereocenters. The standard InChI is InChI=1S/C50H96O6/c1-5-8-10-12-14-16-25-29-33-37-41-48(51)54-44-47(56-50(53)43-39-35-31-26-17-15-13-11-9-6-2)45-55-49(52)42-38-34-30-27-23-21-19-18-20-22-24-28-32-36-40-46(4)7-3/h46-47H,5-45H2,1-4H3/t46?,47-/m0/s1. The number of unbranched alkanes of at least 4 members (excludes halogenated alkanes) is 31. The average Bonchev–Trinajstić information content (AvgIpc) is 3.19. The summed E-state index contributed by atoms with van der Waals surface area (Å²) in [6.45, 7) is 9.04. The summed E-state index contributed by atoms with van der Waals surface area (Å²) < 4.78 is 16.7. The summed E-state index contributed by atoms with van der Waals surface area (Å²) in [5.74, 6) is 0.0454. The summed E-state index contributed by atoms with van der Waals surface area (Å²) in [5, 5.41) is 0. The average molecular weight is 793 g/mol. The second-order valence-corrected chi connectivity index (χ2v) is 17.3. The molecule has 0 aliphatic heterocycles. The van der Waals surface area contributed by atoms with E-state index in [2.05, 4.69) is 27.7 Å². The Morgan fingerprint density at radius 2 is 0.625 bits per heavy atom. The lowest BCUT2D eigenvalue weighted by Gasteiger charge is -2.18. The second kappa shape index (κ2) is 44.5. The van der Waals surface area contributed by atoms with Crippen LogP contribution < -0.4 is 0 Å². The number of ether oxygens (including phenoxy) is 3. The van der Waals surface area contributed by atoms with E-state index in [1.807, 2.05) is 0 Å². The van der Waals surface area contributed by atoms with Crippen molar-refractivity contribution in [1.82, 2.24) is 0 Å². The molecule has 0 aliphatic rings. The molecule has 332 valence electrons. The van der Waals surface area contributed by atoms with Crippen LogP contribution in [-0.4, -0.2) is 37.2 Å². The van der Waals surface area contributed by atoms with Crippen LogP contribution in [0.3, 0.4) is 0 Å². The molecule has 6 heteroatoms. The molecule has 0 aromatic rings. The Labute approximate surface area is 348 Å². The molecule has 0 fully saturated rings. The van der Waals surface area contributed by atoms with E-state index in [0.717, 1.165) is 63.7 Å². The number of esters is 3. The van der Waals surface area contributed by atoms with Gasteiger partial charge in [-0.3, -0.25) is 14.4 Å². The molecule has 0 aromatic heterocycles. The summed E-state index contributed by atoms with van der Waals surface area (Å²) in [6, 6.07) is 0. The van der Waals surface area contributed by atoms with Gasteiger partial charge in [-0.15, -0.1) is 0 Å². The molecule has 0 bridgehead atoms. The fourth-order valence-electron chi connectivity index (χ4n) is 7.48. The van der Waals surface area contributed by atoms with Crippen LogP contribution in [0.4, 0.5) is 0 Å². The van der Waals surface area contributed by atoms with Gasteiger partial charge in [0.2, 0.25) is 0 Å². The van der Waals surface area contributed by atoms with E-state index in [0.29, 0.717) is 19.3 Å². The third-order valence-electron chi connectivity index (χ3n) is 11.7. The smallest absolute Gasteiger partial charge is 0.306 e. The second-order valence-electron chi connectivity index (χ2n) is 17.3. The van der Waals surface area contributed by atoms with Crippen LogP contribution in [0, 0.1) is 5.92 Å². The molecule has 0 aliphatic carbocycles. The predicted molar refractivity (Wildman–Crippen MR) is 238 cm³/mol. The zero-order valence-corrected chi connectivity index (χ0v) is 38.1. The largest absolute Gasteiger partial charge is 0.462 e. The molecule has 56 heavy (non-hydrogen) atoms. The maximum Gasteiger partial charge on any atom is 0.306 e. The normalized spacial score (nSPS) is 12.4. The molecule has 0 saturated heterocycles. The Morgan fingerprint density at radius 3 is 0.929 bits per heavy atom. The van der Waals surface area contributed by atoms with Crippen LogP contribution in [0.25, 0.3) is 0 Å². The Balaban J connectivity index is 4.23. The molecule has 0 heterocycles. The van der Waals surface area contributed by atoms with Crippen molar-refractivity contribution in [2.45, 2.75) is 284 Å². The zero-order chi connectivity index (χ0) is 41.0. The summed E-state index contributed by atoms with van der Waals surface area (Å²) in [4.78, 5) is 37.8. The number of carbonyl (C=O) groups excluding carboxylic acids is 3. The number of rotatable bonds is 45.